The molecule has 0 aliphatic heterocycles. The second kappa shape index (κ2) is 8.45. The number of anilines is 1. The molecule has 31 heavy (non-hydrogen) atoms. The molecule has 7 nitrogen and oxygen atoms in total. The van der Waals surface area contributed by atoms with E-state index in [2.05, 4.69) is 44.9 Å². The number of rotatable bonds is 6. The maximum absolute atomic E-state index is 12.1. The van der Waals surface area contributed by atoms with Crippen molar-refractivity contribution >= 4 is 29.2 Å². The van der Waals surface area contributed by atoms with Gasteiger partial charge in [-0.15, -0.1) is 10.2 Å². The van der Waals surface area contributed by atoms with Gasteiger partial charge in [0.15, 0.2) is 11.5 Å². The van der Waals surface area contributed by atoms with Gasteiger partial charge in [-0.2, -0.15) is 9.61 Å². The number of amides is 1. The summed E-state index contributed by atoms with van der Waals surface area (Å²) >= 11 is 1.26. The van der Waals surface area contributed by atoms with Crippen LogP contribution >= 0.6 is 11.8 Å². The van der Waals surface area contributed by atoms with Crippen molar-refractivity contribution in [3.63, 3.8) is 0 Å². The predicted octanol–water partition coefficient (Wildman–Crippen LogP) is 4.78. The molecule has 0 atom stereocenters. The first kappa shape index (κ1) is 19.1. The van der Waals surface area contributed by atoms with Crippen molar-refractivity contribution in [1.82, 2.24) is 19.8 Å². The molecule has 0 radical (unpaired) electrons. The molecule has 3 aromatic heterocycles. The number of nitrogens with one attached hydrogen (secondary N) is 1. The van der Waals surface area contributed by atoms with Crippen molar-refractivity contribution in [3.05, 3.63) is 85.1 Å². The number of nitrogens with zero attached hydrogens (tertiary/aromatic N) is 4. The van der Waals surface area contributed by atoms with Gasteiger partial charge in [0.25, 0.3) is 0 Å². The van der Waals surface area contributed by atoms with Gasteiger partial charge in [0.05, 0.1) is 17.7 Å². The summed E-state index contributed by atoms with van der Waals surface area (Å²) in [6.07, 6.45) is 1.51. The predicted molar refractivity (Wildman–Crippen MR) is 120 cm³/mol. The molecule has 0 unspecified atom stereocenters. The maximum atomic E-state index is 12.1. The summed E-state index contributed by atoms with van der Waals surface area (Å²) in [7, 11) is 0. The van der Waals surface area contributed by atoms with E-state index in [9.17, 15) is 4.79 Å². The minimum Gasteiger partial charge on any atom is -0.449 e. The molecular formula is C23H17N5O2S. The van der Waals surface area contributed by atoms with E-state index >= 15 is 0 Å². The van der Waals surface area contributed by atoms with E-state index in [-0.39, 0.29) is 11.7 Å². The van der Waals surface area contributed by atoms with Gasteiger partial charge in [-0.3, -0.25) is 10.1 Å². The Labute approximate surface area is 182 Å². The first-order valence-corrected chi connectivity index (χ1v) is 10.6. The zero-order valence-electron chi connectivity index (χ0n) is 16.3. The average Bonchev–Trinajstić information content (AvgIpc) is 3.48. The highest BCUT2D eigenvalue weighted by atomic mass is 32.2. The Morgan fingerprint density at radius 1 is 0.871 bits per heavy atom. The van der Waals surface area contributed by atoms with E-state index in [0.717, 1.165) is 16.8 Å². The van der Waals surface area contributed by atoms with E-state index < -0.39 is 0 Å². The molecule has 152 valence electrons. The monoisotopic (exact) mass is 427 g/mol. The number of fused-ring (bicyclic) bond motifs is 1. The van der Waals surface area contributed by atoms with Crippen molar-refractivity contribution in [3.8, 4) is 22.4 Å². The number of carbonyl (C=O) groups is 1. The van der Waals surface area contributed by atoms with Gasteiger partial charge in [-0.05, 0) is 29.3 Å². The van der Waals surface area contributed by atoms with Crippen molar-refractivity contribution in [2.24, 2.45) is 0 Å². The van der Waals surface area contributed by atoms with Crippen molar-refractivity contribution in [2.45, 2.75) is 5.16 Å². The lowest BCUT2D eigenvalue weighted by Gasteiger charge is -2.05. The Kier molecular flexibility index (Phi) is 5.20. The van der Waals surface area contributed by atoms with Crippen LogP contribution in [0.3, 0.4) is 0 Å². The van der Waals surface area contributed by atoms with E-state index in [0.29, 0.717) is 16.7 Å². The minimum atomic E-state index is -0.190. The molecule has 0 aliphatic carbocycles. The van der Waals surface area contributed by atoms with Crippen LogP contribution in [0.5, 0.6) is 0 Å². The highest BCUT2D eigenvalue weighted by molar-refractivity contribution is 7.99. The molecule has 2 aromatic carbocycles. The Balaban J connectivity index is 1.34. The fraction of sp³-hybridized carbons (Fsp3) is 0.0435. The molecule has 0 saturated heterocycles. The molecule has 0 spiro atoms. The van der Waals surface area contributed by atoms with Crippen LogP contribution in [0.1, 0.15) is 0 Å². The van der Waals surface area contributed by atoms with Gasteiger partial charge < -0.3 is 4.42 Å². The lowest BCUT2D eigenvalue weighted by molar-refractivity contribution is -0.113. The van der Waals surface area contributed by atoms with Crippen LogP contribution in [-0.2, 0) is 4.79 Å². The molecule has 0 bridgehead atoms. The number of aromatic nitrogens is 4. The van der Waals surface area contributed by atoms with Gasteiger partial charge in [0.2, 0.25) is 11.1 Å². The van der Waals surface area contributed by atoms with Gasteiger partial charge in [0.1, 0.15) is 0 Å². The van der Waals surface area contributed by atoms with E-state index in [1.807, 2.05) is 42.5 Å². The molecule has 5 rings (SSSR count). The topological polar surface area (TPSA) is 85.3 Å². The van der Waals surface area contributed by atoms with Gasteiger partial charge >= 0.3 is 0 Å². The molecule has 0 saturated carbocycles. The van der Waals surface area contributed by atoms with Crippen LogP contribution in [0.2, 0.25) is 0 Å². The quantitative estimate of drug-likeness (QED) is 0.393. The molecule has 1 amide bonds. The lowest BCUT2D eigenvalue weighted by atomic mass is 10.0. The molecule has 5 aromatic rings. The summed E-state index contributed by atoms with van der Waals surface area (Å²) in [4.78, 5) is 12.1. The molecule has 0 fully saturated rings. The standard InChI is InChI=1S/C23H17N5O2S/c29-21(24-22-7-4-14-30-22)15-31-23-26-25-20-13-12-19(27-28(20)23)18-10-8-17(9-11-18)16-5-2-1-3-6-16/h1-14H,15H2,(H,24,29). The zero-order valence-corrected chi connectivity index (χ0v) is 17.1. The minimum absolute atomic E-state index is 0.166. The van der Waals surface area contributed by atoms with Crippen LogP contribution in [0, 0.1) is 0 Å². The Morgan fingerprint density at radius 3 is 2.42 bits per heavy atom. The largest absolute Gasteiger partial charge is 0.449 e. The summed E-state index contributed by atoms with van der Waals surface area (Å²) in [5, 5.41) is 16.2. The lowest BCUT2D eigenvalue weighted by Crippen LogP contribution is -2.13. The van der Waals surface area contributed by atoms with E-state index in [4.69, 9.17) is 4.42 Å². The third kappa shape index (κ3) is 4.19. The van der Waals surface area contributed by atoms with E-state index in [1.54, 1.807) is 16.6 Å². The van der Waals surface area contributed by atoms with Crippen molar-refractivity contribution in [1.29, 1.82) is 0 Å². The van der Waals surface area contributed by atoms with Crippen molar-refractivity contribution in [2.75, 3.05) is 11.1 Å². The van der Waals surface area contributed by atoms with Crippen LogP contribution in [-0.4, -0.2) is 31.5 Å². The van der Waals surface area contributed by atoms with E-state index in [1.165, 1.54) is 23.6 Å². The number of hydrogen-bond acceptors (Lipinski definition) is 6. The van der Waals surface area contributed by atoms with Crippen LogP contribution in [0.25, 0.3) is 28.0 Å². The Bertz CT molecular complexity index is 1320. The number of furan rings is 1. The molecular weight excluding hydrogens is 410 g/mol. The third-order valence-corrected chi connectivity index (χ3v) is 5.56. The number of thioether (sulfide) groups is 1. The molecule has 8 heteroatoms. The van der Waals surface area contributed by atoms with Gasteiger partial charge in [-0.25, -0.2) is 0 Å². The normalized spacial score (nSPS) is 11.0. The average molecular weight is 427 g/mol. The van der Waals surface area contributed by atoms with Crippen LogP contribution < -0.4 is 5.32 Å². The SMILES string of the molecule is O=C(CSc1nnc2ccc(-c3ccc(-c4ccccc4)cc3)nn12)Nc1ccco1. The number of benzene rings is 2. The fourth-order valence-electron chi connectivity index (χ4n) is 3.13. The van der Waals surface area contributed by atoms with Gasteiger partial charge in [0, 0.05) is 11.6 Å². The number of hydrogen-bond donors (Lipinski definition) is 1. The Hall–Kier alpha value is -3.91. The number of carbonyl (C=O) groups excluding carboxylic acids is 1. The summed E-state index contributed by atoms with van der Waals surface area (Å²) < 4.78 is 6.78. The first-order valence-electron chi connectivity index (χ1n) is 9.61. The van der Waals surface area contributed by atoms with Gasteiger partial charge in [-0.1, -0.05) is 66.4 Å². The summed E-state index contributed by atoms with van der Waals surface area (Å²) in [5.74, 6) is 0.388. The third-order valence-electron chi connectivity index (χ3n) is 4.64. The summed E-state index contributed by atoms with van der Waals surface area (Å²) in [5.41, 5.74) is 4.73. The highest BCUT2D eigenvalue weighted by Crippen LogP contribution is 2.25. The summed E-state index contributed by atoms with van der Waals surface area (Å²) in [6, 6.07) is 25.7. The summed E-state index contributed by atoms with van der Waals surface area (Å²) in [6.45, 7) is 0. The second-order valence-corrected chi connectivity index (χ2v) is 7.67. The zero-order chi connectivity index (χ0) is 21.0. The van der Waals surface area contributed by atoms with Crippen LogP contribution in [0.4, 0.5) is 5.88 Å². The second-order valence-electron chi connectivity index (χ2n) is 6.73. The highest BCUT2D eigenvalue weighted by Gasteiger charge is 2.12. The first-order chi connectivity index (χ1) is 15.3. The maximum Gasteiger partial charge on any atom is 0.237 e. The molecule has 3 heterocycles. The molecule has 0 aliphatic rings. The Morgan fingerprint density at radius 2 is 1.65 bits per heavy atom. The van der Waals surface area contributed by atoms with Crippen molar-refractivity contribution < 1.29 is 9.21 Å². The molecule has 1 N–H and O–H groups in total. The fourth-order valence-corrected chi connectivity index (χ4v) is 3.82. The smallest absolute Gasteiger partial charge is 0.237 e. The van der Waals surface area contributed by atoms with Crippen LogP contribution in [0.15, 0.2) is 94.7 Å².